The van der Waals surface area contributed by atoms with Crippen LogP contribution >= 0.6 is 0 Å². The van der Waals surface area contributed by atoms with Gasteiger partial charge in [0.25, 0.3) is 5.91 Å². The number of anilines is 1. The normalized spacial score (nSPS) is 17.0. The van der Waals surface area contributed by atoms with E-state index in [0.717, 1.165) is 43.6 Å². The summed E-state index contributed by atoms with van der Waals surface area (Å²) < 4.78 is 11.1. The highest BCUT2D eigenvalue weighted by Crippen LogP contribution is 2.22. The van der Waals surface area contributed by atoms with Crippen molar-refractivity contribution in [1.29, 1.82) is 5.41 Å². The summed E-state index contributed by atoms with van der Waals surface area (Å²) in [6, 6.07) is 7.59. The lowest BCUT2D eigenvalue weighted by atomic mass is 10.1. The highest BCUT2D eigenvalue weighted by molar-refractivity contribution is 5.96. The Kier molecular flexibility index (Phi) is 5.38. The molecule has 1 aliphatic rings. The highest BCUT2D eigenvalue weighted by atomic mass is 16.5. The Labute approximate surface area is 147 Å². The van der Waals surface area contributed by atoms with Gasteiger partial charge < -0.3 is 19.4 Å². The number of carbonyl (C=O) groups is 1. The summed E-state index contributed by atoms with van der Waals surface area (Å²) in [5.41, 5.74) is 1.80. The molecule has 1 aromatic heterocycles. The van der Waals surface area contributed by atoms with Gasteiger partial charge in [0.2, 0.25) is 5.55 Å². The molecular weight excluding hydrogens is 318 g/mol. The van der Waals surface area contributed by atoms with Crippen LogP contribution < -0.4 is 15.8 Å². The number of rotatable bonds is 6. The van der Waals surface area contributed by atoms with E-state index in [1.54, 1.807) is 6.07 Å². The van der Waals surface area contributed by atoms with Crippen molar-refractivity contribution in [3.05, 3.63) is 35.4 Å². The minimum atomic E-state index is -0.293. The summed E-state index contributed by atoms with van der Waals surface area (Å²) in [6.07, 6.45) is 2.07. The predicted molar refractivity (Wildman–Crippen MR) is 96.9 cm³/mol. The van der Waals surface area contributed by atoms with E-state index >= 15 is 0 Å². The number of fused-ring (bicyclic) bond motifs is 1. The molecule has 0 spiro atoms. The first-order valence-electron chi connectivity index (χ1n) is 8.89. The zero-order valence-electron chi connectivity index (χ0n) is 14.8. The van der Waals surface area contributed by atoms with Crippen molar-refractivity contribution >= 4 is 22.6 Å². The van der Waals surface area contributed by atoms with E-state index in [9.17, 15) is 4.79 Å². The van der Waals surface area contributed by atoms with Gasteiger partial charge >= 0.3 is 0 Å². The van der Waals surface area contributed by atoms with Crippen molar-refractivity contribution in [3.63, 3.8) is 0 Å². The lowest BCUT2D eigenvalue weighted by Gasteiger charge is -2.21. The van der Waals surface area contributed by atoms with Crippen molar-refractivity contribution in [1.82, 2.24) is 5.32 Å². The number of nitrogens with one attached hydrogen (secondary N) is 2. The second-order valence-electron chi connectivity index (χ2n) is 6.23. The van der Waals surface area contributed by atoms with E-state index in [-0.39, 0.29) is 23.1 Å². The van der Waals surface area contributed by atoms with Gasteiger partial charge in [-0.1, -0.05) is 0 Å². The zero-order chi connectivity index (χ0) is 17.8. The maximum atomic E-state index is 12.4. The first-order valence-corrected chi connectivity index (χ1v) is 8.89. The third-order valence-corrected chi connectivity index (χ3v) is 4.64. The summed E-state index contributed by atoms with van der Waals surface area (Å²) >= 11 is 0. The molecule has 2 heterocycles. The van der Waals surface area contributed by atoms with Crippen LogP contribution in [0.3, 0.4) is 0 Å². The Morgan fingerprint density at radius 3 is 2.80 bits per heavy atom. The number of benzene rings is 1. The van der Waals surface area contributed by atoms with Crippen LogP contribution in [0.5, 0.6) is 0 Å². The fraction of sp³-hybridized carbons (Fsp3) is 0.474. The lowest BCUT2D eigenvalue weighted by Crippen LogP contribution is -2.34. The molecule has 1 saturated heterocycles. The van der Waals surface area contributed by atoms with Gasteiger partial charge in [-0.25, -0.2) is 0 Å². The number of carbonyl (C=O) groups excluding carboxylic acids is 1. The molecule has 0 radical (unpaired) electrons. The van der Waals surface area contributed by atoms with Crippen LogP contribution in [0.4, 0.5) is 5.69 Å². The van der Waals surface area contributed by atoms with Crippen LogP contribution in [0.2, 0.25) is 0 Å². The van der Waals surface area contributed by atoms with E-state index in [2.05, 4.69) is 24.1 Å². The monoisotopic (exact) mass is 343 g/mol. The number of amides is 1. The molecule has 1 atom stereocenters. The average Bonchev–Trinajstić information content (AvgIpc) is 3.13. The molecule has 6 nitrogen and oxygen atoms in total. The second-order valence-corrected chi connectivity index (χ2v) is 6.23. The molecule has 1 fully saturated rings. The molecule has 25 heavy (non-hydrogen) atoms. The van der Waals surface area contributed by atoms with Gasteiger partial charge in [-0.3, -0.25) is 10.2 Å². The molecule has 2 aromatic rings. The van der Waals surface area contributed by atoms with Gasteiger partial charge in [0.05, 0.1) is 6.10 Å². The van der Waals surface area contributed by atoms with Crippen molar-refractivity contribution in [3.8, 4) is 0 Å². The predicted octanol–water partition coefficient (Wildman–Crippen LogP) is 2.67. The van der Waals surface area contributed by atoms with Gasteiger partial charge in [0.1, 0.15) is 11.1 Å². The van der Waals surface area contributed by atoms with Crippen molar-refractivity contribution in [2.75, 3.05) is 31.1 Å². The SMILES string of the molecule is CCN(CC)c1ccc2cc(C(=O)NCC3CCCO3)c(=N)oc2c1. The minimum Gasteiger partial charge on any atom is -0.438 e. The average molecular weight is 343 g/mol. The maximum absolute atomic E-state index is 12.4. The summed E-state index contributed by atoms with van der Waals surface area (Å²) in [7, 11) is 0. The number of nitrogens with zero attached hydrogens (tertiary/aromatic N) is 1. The van der Waals surface area contributed by atoms with Crippen LogP contribution in [0.25, 0.3) is 11.0 Å². The molecule has 2 N–H and O–H groups in total. The molecule has 0 aliphatic carbocycles. The fourth-order valence-corrected chi connectivity index (χ4v) is 3.18. The molecule has 1 unspecified atom stereocenters. The van der Waals surface area contributed by atoms with Gasteiger partial charge in [0.15, 0.2) is 0 Å². The highest BCUT2D eigenvalue weighted by Gasteiger charge is 2.18. The Balaban J connectivity index is 1.82. The Morgan fingerprint density at radius 2 is 2.12 bits per heavy atom. The van der Waals surface area contributed by atoms with Crippen molar-refractivity contribution < 1.29 is 13.9 Å². The van der Waals surface area contributed by atoms with Crippen LogP contribution in [0.1, 0.15) is 37.0 Å². The summed E-state index contributed by atoms with van der Waals surface area (Å²) in [5, 5.41) is 11.7. The maximum Gasteiger partial charge on any atom is 0.256 e. The third-order valence-electron chi connectivity index (χ3n) is 4.64. The molecule has 6 heteroatoms. The van der Waals surface area contributed by atoms with E-state index in [0.29, 0.717) is 12.1 Å². The van der Waals surface area contributed by atoms with Crippen LogP contribution in [-0.4, -0.2) is 38.3 Å². The van der Waals surface area contributed by atoms with Crippen LogP contribution in [0.15, 0.2) is 28.7 Å². The van der Waals surface area contributed by atoms with Crippen molar-refractivity contribution in [2.24, 2.45) is 0 Å². The standard InChI is InChI=1S/C19H25N3O3/c1-3-22(4-2)14-8-7-13-10-16(18(20)25-17(13)11-14)19(23)21-12-15-6-5-9-24-15/h7-8,10-11,15,20H,3-6,9,12H2,1-2H3,(H,21,23). The first-order chi connectivity index (χ1) is 12.1. The Hall–Kier alpha value is -2.34. The third kappa shape index (κ3) is 3.85. The summed E-state index contributed by atoms with van der Waals surface area (Å²) in [4.78, 5) is 14.6. The van der Waals surface area contributed by atoms with E-state index in [4.69, 9.17) is 14.6 Å². The van der Waals surface area contributed by atoms with Crippen LogP contribution in [0, 0.1) is 5.41 Å². The largest absolute Gasteiger partial charge is 0.438 e. The number of ether oxygens (including phenoxy) is 1. The second kappa shape index (κ2) is 7.70. The lowest BCUT2D eigenvalue weighted by molar-refractivity contribution is 0.0854. The quantitative estimate of drug-likeness (QED) is 0.845. The molecule has 0 saturated carbocycles. The summed E-state index contributed by atoms with van der Waals surface area (Å²) in [6.45, 7) is 7.23. The zero-order valence-corrected chi connectivity index (χ0v) is 14.8. The molecule has 134 valence electrons. The van der Waals surface area contributed by atoms with Gasteiger partial charge in [-0.05, 0) is 44.9 Å². The van der Waals surface area contributed by atoms with E-state index in [1.807, 2.05) is 18.2 Å². The minimum absolute atomic E-state index is 0.0761. The van der Waals surface area contributed by atoms with Gasteiger partial charge in [-0.2, -0.15) is 0 Å². The fourth-order valence-electron chi connectivity index (χ4n) is 3.18. The Morgan fingerprint density at radius 1 is 1.32 bits per heavy atom. The molecule has 1 aromatic carbocycles. The summed E-state index contributed by atoms with van der Waals surface area (Å²) in [5.74, 6) is -0.293. The van der Waals surface area contributed by atoms with E-state index in [1.165, 1.54) is 0 Å². The molecule has 0 bridgehead atoms. The molecular formula is C19H25N3O3. The molecule has 1 amide bonds. The Bertz CT molecular complexity index is 805. The first kappa shape index (κ1) is 17.5. The number of hydrogen-bond acceptors (Lipinski definition) is 5. The van der Waals surface area contributed by atoms with Gasteiger partial charge in [0, 0.05) is 43.4 Å². The van der Waals surface area contributed by atoms with Crippen molar-refractivity contribution in [2.45, 2.75) is 32.8 Å². The van der Waals surface area contributed by atoms with Gasteiger partial charge in [-0.15, -0.1) is 0 Å². The topological polar surface area (TPSA) is 78.6 Å². The molecule has 3 rings (SSSR count). The van der Waals surface area contributed by atoms with E-state index < -0.39 is 0 Å². The van der Waals surface area contributed by atoms with Crippen LogP contribution in [-0.2, 0) is 4.74 Å². The smallest absolute Gasteiger partial charge is 0.256 e. The number of hydrogen-bond donors (Lipinski definition) is 2. The molecule has 1 aliphatic heterocycles.